The van der Waals surface area contributed by atoms with E-state index in [1.807, 2.05) is 24.3 Å². The number of amides is 2. The largest absolute Gasteiger partial charge is 0.497 e. The molecule has 0 bridgehead atoms. The Morgan fingerprint density at radius 3 is 2.54 bits per heavy atom. The van der Waals surface area contributed by atoms with Gasteiger partial charge in [-0.25, -0.2) is 4.79 Å². The number of morpholine rings is 1. The molecule has 1 saturated heterocycles. The number of nitrogens with one attached hydrogen (secondary N) is 2. The van der Waals surface area contributed by atoms with Crippen LogP contribution < -0.4 is 15.4 Å². The third-order valence-electron chi connectivity index (χ3n) is 5.32. The Morgan fingerprint density at radius 2 is 1.82 bits per heavy atom. The van der Waals surface area contributed by atoms with E-state index >= 15 is 0 Å². The second kappa shape index (κ2) is 9.75. The molecule has 2 aromatic carbocycles. The maximum absolute atomic E-state index is 12.3. The fraction of sp³-hybridized carbons (Fsp3) is 0.500. The van der Waals surface area contributed by atoms with Gasteiger partial charge in [-0.2, -0.15) is 0 Å². The minimum Gasteiger partial charge on any atom is -0.497 e. The van der Waals surface area contributed by atoms with Gasteiger partial charge >= 0.3 is 6.03 Å². The minimum absolute atomic E-state index is 0.131. The summed E-state index contributed by atoms with van der Waals surface area (Å²) in [4.78, 5) is 14.7. The average Bonchev–Trinajstić information content (AvgIpc) is 2.72. The standard InChI is InChI=1S/C22H31N3O3/c1-16(2)21(25-8-10-28-11-9-25)15-24-22(26)23-14-17-4-5-19-13-20(27-3)7-6-18(19)12-17/h4-7,12-13,16,21H,8-11,14-15H2,1-3H3,(H2,23,24,26)/t21-/m0/s1. The van der Waals surface area contributed by atoms with Gasteiger partial charge in [0.05, 0.1) is 20.3 Å². The molecule has 1 fully saturated rings. The lowest BCUT2D eigenvalue weighted by Gasteiger charge is -2.36. The van der Waals surface area contributed by atoms with Crippen LogP contribution in [0.2, 0.25) is 0 Å². The number of carbonyl (C=O) groups is 1. The molecule has 2 N–H and O–H groups in total. The highest BCUT2D eigenvalue weighted by Gasteiger charge is 2.24. The van der Waals surface area contributed by atoms with Gasteiger partial charge in [0.25, 0.3) is 0 Å². The van der Waals surface area contributed by atoms with Crippen LogP contribution >= 0.6 is 0 Å². The molecule has 28 heavy (non-hydrogen) atoms. The Hall–Kier alpha value is -2.31. The predicted octanol–water partition coefficient (Wildman–Crippen LogP) is 3.00. The molecule has 0 aromatic heterocycles. The molecule has 6 nitrogen and oxygen atoms in total. The van der Waals surface area contributed by atoms with Crippen LogP contribution in [0.25, 0.3) is 10.8 Å². The number of hydrogen-bond acceptors (Lipinski definition) is 4. The van der Waals surface area contributed by atoms with Crippen molar-refractivity contribution in [3.8, 4) is 5.75 Å². The normalized spacial score (nSPS) is 16.1. The van der Waals surface area contributed by atoms with Crippen molar-refractivity contribution in [3.05, 3.63) is 42.0 Å². The summed E-state index contributed by atoms with van der Waals surface area (Å²) in [5.41, 5.74) is 1.07. The molecule has 0 unspecified atom stereocenters. The lowest BCUT2D eigenvalue weighted by Crippen LogP contribution is -2.52. The summed E-state index contributed by atoms with van der Waals surface area (Å²) in [6, 6.07) is 12.4. The Bertz CT molecular complexity index is 788. The molecule has 1 aliphatic heterocycles. The molecule has 0 aliphatic carbocycles. The van der Waals surface area contributed by atoms with E-state index in [4.69, 9.17) is 9.47 Å². The first-order valence-electron chi connectivity index (χ1n) is 9.97. The fourth-order valence-corrected chi connectivity index (χ4v) is 3.65. The molecule has 3 rings (SSSR count). The van der Waals surface area contributed by atoms with E-state index in [0.717, 1.165) is 48.4 Å². The first-order valence-corrected chi connectivity index (χ1v) is 9.97. The summed E-state index contributed by atoms with van der Waals surface area (Å²) in [7, 11) is 1.67. The molecule has 1 heterocycles. The van der Waals surface area contributed by atoms with Gasteiger partial charge in [-0.1, -0.05) is 32.0 Å². The molecule has 2 amide bonds. The van der Waals surface area contributed by atoms with Crippen molar-refractivity contribution in [2.45, 2.75) is 26.4 Å². The van der Waals surface area contributed by atoms with Crippen LogP contribution in [-0.4, -0.2) is 56.9 Å². The van der Waals surface area contributed by atoms with Gasteiger partial charge in [0.15, 0.2) is 0 Å². The van der Waals surface area contributed by atoms with Crippen molar-refractivity contribution >= 4 is 16.8 Å². The van der Waals surface area contributed by atoms with Gasteiger partial charge in [0.2, 0.25) is 0 Å². The highest BCUT2D eigenvalue weighted by atomic mass is 16.5. The van der Waals surface area contributed by atoms with E-state index in [0.29, 0.717) is 25.0 Å². The fourth-order valence-electron chi connectivity index (χ4n) is 3.65. The molecular formula is C22H31N3O3. The zero-order valence-corrected chi connectivity index (χ0v) is 17.0. The van der Waals surface area contributed by atoms with Crippen molar-refractivity contribution in [3.63, 3.8) is 0 Å². The van der Waals surface area contributed by atoms with Gasteiger partial charge < -0.3 is 20.1 Å². The number of carbonyl (C=O) groups excluding carboxylic acids is 1. The first kappa shape index (κ1) is 20.4. The second-order valence-corrected chi connectivity index (χ2v) is 7.57. The van der Waals surface area contributed by atoms with Gasteiger partial charge in [0, 0.05) is 32.2 Å². The van der Waals surface area contributed by atoms with Crippen molar-refractivity contribution in [1.29, 1.82) is 0 Å². The molecule has 2 aromatic rings. The van der Waals surface area contributed by atoms with E-state index in [2.05, 4.69) is 41.5 Å². The third kappa shape index (κ3) is 5.36. The predicted molar refractivity (Wildman–Crippen MR) is 112 cm³/mol. The average molecular weight is 386 g/mol. The Morgan fingerprint density at radius 1 is 1.11 bits per heavy atom. The summed E-state index contributed by atoms with van der Waals surface area (Å²) in [5.74, 6) is 1.31. The van der Waals surface area contributed by atoms with Crippen LogP contribution in [0.15, 0.2) is 36.4 Å². The molecule has 152 valence electrons. The minimum atomic E-state index is -0.131. The number of benzene rings is 2. The second-order valence-electron chi connectivity index (χ2n) is 7.57. The summed E-state index contributed by atoms with van der Waals surface area (Å²) in [6.07, 6.45) is 0. The molecule has 0 radical (unpaired) electrons. The van der Waals surface area contributed by atoms with Crippen molar-refractivity contribution in [1.82, 2.24) is 15.5 Å². The molecule has 1 aliphatic rings. The van der Waals surface area contributed by atoms with Crippen molar-refractivity contribution in [2.24, 2.45) is 5.92 Å². The smallest absolute Gasteiger partial charge is 0.315 e. The molecule has 1 atom stereocenters. The highest BCUT2D eigenvalue weighted by Crippen LogP contribution is 2.21. The maximum Gasteiger partial charge on any atom is 0.315 e. The quantitative estimate of drug-likeness (QED) is 0.769. The van der Waals surface area contributed by atoms with Gasteiger partial charge in [-0.3, -0.25) is 4.90 Å². The van der Waals surface area contributed by atoms with Crippen LogP contribution in [0, 0.1) is 5.92 Å². The molecule has 6 heteroatoms. The van der Waals surface area contributed by atoms with E-state index in [1.165, 1.54) is 0 Å². The van der Waals surface area contributed by atoms with Crippen molar-refractivity contribution in [2.75, 3.05) is 40.0 Å². The summed E-state index contributed by atoms with van der Waals surface area (Å²) < 4.78 is 10.7. The summed E-state index contributed by atoms with van der Waals surface area (Å²) >= 11 is 0. The summed E-state index contributed by atoms with van der Waals surface area (Å²) in [6.45, 7) is 8.92. The maximum atomic E-state index is 12.3. The zero-order valence-electron chi connectivity index (χ0n) is 17.0. The van der Waals surface area contributed by atoms with E-state index in [-0.39, 0.29) is 6.03 Å². The van der Waals surface area contributed by atoms with E-state index < -0.39 is 0 Å². The number of fused-ring (bicyclic) bond motifs is 1. The molecule has 0 spiro atoms. The summed E-state index contributed by atoms with van der Waals surface area (Å²) in [5, 5.41) is 8.26. The molecule has 0 saturated carbocycles. The van der Waals surface area contributed by atoms with Crippen LogP contribution in [0.4, 0.5) is 4.79 Å². The topological polar surface area (TPSA) is 62.8 Å². The number of nitrogens with zero attached hydrogens (tertiary/aromatic N) is 1. The van der Waals surface area contributed by atoms with E-state index in [1.54, 1.807) is 7.11 Å². The van der Waals surface area contributed by atoms with E-state index in [9.17, 15) is 4.79 Å². The number of rotatable bonds is 7. The number of urea groups is 1. The lowest BCUT2D eigenvalue weighted by molar-refractivity contribution is 0.00719. The third-order valence-corrected chi connectivity index (χ3v) is 5.32. The first-order chi connectivity index (χ1) is 13.6. The molecular weight excluding hydrogens is 354 g/mol. The zero-order chi connectivity index (χ0) is 19.9. The number of hydrogen-bond donors (Lipinski definition) is 2. The monoisotopic (exact) mass is 385 g/mol. The van der Waals surface area contributed by atoms with Crippen LogP contribution in [0.1, 0.15) is 19.4 Å². The number of methoxy groups -OCH3 is 1. The van der Waals surface area contributed by atoms with Gasteiger partial charge in [-0.05, 0) is 40.5 Å². The van der Waals surface area contributed by atoms with Crippen molar-refractivity contribution < 1.29 is 14.3 Å². The Kier molecular flexibility index (Phi) is 7.12. The Balaban J connectivity index is 1.51. The van der Waals surface area contributed by atoms with Crippen LogP contribution in [0.5, 0.6) is 5.75 Å². The highest BCUT2D eigenvalue weighted by molar-refractivity contribution is 5.84. The number of ether oxygens (including phenoxy) is 2. The van der Waals surface area contributed by atoms with Crippen LogP contribution in [-0.2, 0) is 11.3 Å². The van der Waals surface area contributed by atoms with Gasteiger partial charge in [-0.15, -0.1) is 0 Å². The van der Waals surface area contributed by atoms with Gasteiger partial charge in [0.1, 0.15) is 5.75 Å². The SMILES string of the molecule is COc1ccc2cc(CNC(=O)NC[C@@H](C(C)C)N3CCOCC3)ccc2c1. The Labute approximate surface area is 167 Å². The van der Waals surface area contributed by atoms with Crippen LogP contribution in [0.3, 0.4) is 0 Å². The lowest BCUT2D eigenvalue weighted by atomic mass is 10.0.